The van der Waals surface area contributed by atoms with Gasteiger partial charge in [0.25, 0.3) is 0 Å². The van der Waals surface area contributed by atoms with Crippen LogP contribution in [0.1, 0.15) is 19.3 Å². The summed E-state index contributed by atoms with van der Waals surface area (Å²) in [6.07, 6.45) is 4.89. The number of aryl methyl sites for hydroxylation is 1. The third-order valence-electron chi connectivity index (χ3n) is 7.07. The van der Waals surface area contributed by atoms with E-state index in [4.69, 9.17) is 14.8 Å². The van der Waals surface area contributed by atoms with Gasteiger partial charge in [0.1, 0.15) is 18.0 Å². The number of hydrogen-bond donors (Lipinski definition) is 1. The topological polar surface area (TPSA) is 84.2 Å². The molecule has 33 heavy (non-hydrogen) atoms. The second-order valence-electron chi connectivity index (χ2n) is 9.03. The summed E-state index contributed by atoms with van der Waals surface area (Å²) in [6.45, 7) is 3.55. The highest BCUT2D eigenvalue weighted by molar-refractivity contribution is 5.59. The molecule has 172 valence electrons. The van der Waals surface area contributed by atoms with Crippen molar-refractivity contribution in [2.24, 2.45) is 11.8 Å². The molecule has 1 aromatic carbocycles. The van der Waals surface area contributed by atoms with Crippen LogP contribution in [0, 0.1) is 17.7 Å². The van der Waals surface area contributed by atoms with E-state index in [0.717, 1.165) is 50.1 Å². The molecule has 1 aliphatic carbocycles. The Kier molecular flexibility index (Phi) is 5.00. The van der Waals surface area contributed by atoms with Gasteiger partial charge >= 0.3 is 0 Å². The van der Waals surface area contributed by atoms with Crippen LogP contribution in [-0.2, 0) is 6.54 Å². The summed E-state index contributed by atoms with van der Waals surface area (Å²) < 4.78 is 20.6. The molecule has 3 atom stereocenters. The van der Waals surface area contributed by atoms with Crippen molar-refractivity contribution in [2.75, 3.05) is 41.9 Å². The fraction of sp³-hybridized carbons (Fsp3) is 0.478. The van der Waals surface area contributed by atoms with E-state index < -0.39 is 0 Å². The zero-order chi connectivity index (χ0) is 22.4. The first kappa shape index (κ1) is 20.2. The molecule has 0 spiro atoms. The quantitative estimate of drug-likeness (QED) is 0.635. The van der Waals surface area contributed by atoms with Gasteiger partial charge in [0.15, 0.2) is 0 Å². The lowest BCUT2D eigenvalue weighted by Crippen LogP contribution is -2.48. The van der Waals surface area contributed by atoms with Crippen LogP contribution in [0.25, 0.3) is 0 Å². The Morgan fingerprint density at radius 3 is 2.61 bits per heavy atom. The van der Waals surface area contributed by atoms with Crippen molar-refractivity contribution in [2.45, 2.75) is 31.8 Å². The standard InChI is InChI=1S/C23H27FN8O/c1-33-20-11-19(25-14-26-20)30-12-15-3-4-16(13-30)21(15)27-22-28-23-31(9-2-10-32(23)29-22)18-7-5-17(24)6-8-18/h5-8,11,14-16,21H,2-4,9-10,12-13H2,1H3,(H,27,29)/t15-,16+,21?. The average molecular weight is 451 g/mol. The molecule has 2 fully saturated rings. The van der Waals surface area contributed by atoms with Crippen LogP contribution < -0.4 is 19.9 Å². The number of ether oxygens (including phenoxy) is 1. The Morgan fingerprint density at radius 2 is 1.85 bits per heavy atom. The van der Waals surface area contributed by atoms with Gasteiger partial charge in [0.05, 0.1) is 7.11 Å². The first-order valence-electron chi connectivity index (χ1n) is 11.5. The average Bonchev–Trinajstić information content (AvgIpc) is 3.35. The number of rotatable bonds is 5. The molecule has 3 aliphatic rings. The van der Waals surface area contributed by atoms with Gasteiger partial charge in [-0.05, 0) is 55.4 Å². The van der Waals surface area contributed by atoms with E-state index in [1.54, 1.807) is 25.6 Å². The minimum atomic E-state index is -0.234. The molecule has 1 saturated heterocycles. The number of nitrogens with one attached hydrogen (secondary N) is 1. The molecule has 9 nitrogen and oxygen atoms in total. The number of hydrogen-bond acceptors (Lipinski definition) is 8. The summed E-state index contributed by atoms with van der Waals surface area (Å²) in [4.78, 5) is 17.9. The molecular formula is C23H27FN8O. The molecule has 2 aliphatic heterocycles. The van der Waals surface area contributed by atoms with Gasteiger partial charge in [-0.15, -0.1) is 5.10 Å². The lowest BCUT2D eigenvalue weighted by Gasteiger charge is -2.38. The van der Waals surface area contributed by atoms with Crippen LogP contribution in [0.15, 0.2) is 36.7 Å². The molecule has 4 heterocycles. The van der Waals surface area contributed by atoms with E-state index in [0.29, 0.717) is 29.7 Å². The van der Waals surface area contributed by atoms with Crippen LogP contribution in [0.2, 0.25) is 0 Å². The fourth-order valence-corrected chi connectivity index (χ4v) is 5.50. The van der Waals surface area contributed by atoms with Crippen molar-refractivity contribution in [3.8, 4) is 5.88 Å². The molecule has 6 rings (SSSR count). The summed E-state index contributed by atoms with van der Waals surface area (Å²) in [5.41, 5.74) is 0.935. The minimum Gasteiger partial charge on any atom is -0.481 e. The van der Waals surface area contributed by atoms with E-state index in [1.807, 2.05) is 10.7 Å². The van der Waals surface area contributed by atoms with Gasteiger partial charge < -0.3 is 19.9 Å². The summed E-state index contributed by atoms with van der Waals surface area (Å²) in [6, 6.07) is 8.82. The van der Waals surface area contributed by atoms with Gasteiger partial charge in [0.2, 0.25) is 17.8 Å². The smallest absolute Gasteiger partial charge is 0.244 e. The highest BCUT2D eigenvalue weighted by Crippen LogP contribution is 2.40. The molecule has 1 N–H and O–H groups in total. The molecule has 3 aromatic rings. The number of benzene rings is 1. The normalized spacial score (nSPS) is 24.0. The first-order valence-corrected chi connectivity index (χ1v) is 11.5. The third-order valence-corrected chi connectivity index (χ3v) is 7.07. The monoisotopic (exact) mass is 450 g/mol. The molecule has 1 unspecified atom stereocenters. The molecular weight excluding hydrogens is 423 g/mol. The van der Waals surface area contributed by atoms with Crippen LogP contribution in [0.5, 0.6) is 5.88 Å². The van der Waals surface area contributed by atoms with Crippen molar-refractivity contribution in [1.29, 1.82) is 0 Å². The fourth-order valence-electron chi connectivity index (χ4n) is 5.50. The number of fused-ring (bicyclic) bond motifs is 3. The number of halogens is 1. The lowest BCUT2D eigenvalue weighted by molar-refractivity contribution is 0.372. The van der Waals surface area contributed by atoms with E-state index >= 15 is 0 Å². The predicted octanol–water partition coefficient (Wildman–Crippen LogP) is 3.08. The van der Waals surface area contributed by atoms with Crippen LogP contribution in [-0.4, -0.2) is 57.5 Å². The molecule has 0 radical (unpaired) electrons. The number of aromatic nitrogens is 5. The zero-order valence-corrected chi connectivity index (χ0v) is 18.6. The maximum absolute atomic E-state index is 13.4. The van der Waals surface area contributed by atoms with Gasteiger partial charge in [-0.3, -0.25) is 0 Å². The van der Waals surface area contributed by atoms with Crippen molar-refractivity contribution in [3.05, 3.63) is 42.5 Å². The molecule has 2 bridgehead atoms. The summed E-state index contributed by atoms with van der Waals surface area (Å²) >= 11 is 0. The number of anilines is 4. The minimum absolute atomic E-state index is 0.234. The van der Waals surface area contributed by atoms with Crippen molar-refractivity contribution < 1.29 is 9.13 Å². The van der Waals surface area contributed by atoms with E-state index in [-0.39, 0.29) is 5.82 Å². The summed E-state index contributed by atoms with van der Waals surface area (Å²) in [5, 5.41) is 8.42. The van der Waals surface area contributed by atoms with Crippen molar-refractivity contribution >= 4 is 23.4 Å². The van der Waals surface area contributed by atoms with E-state index in [9.17, 15) is 4.39 Å². The second kappa shape index (κ2) is 8.17. The van der Waals surface area contributed by atoms with Crippen LogP contribution in [0.4, 0.5) is 27.8 Å². The number of piperidine rings is 1. The van der Waals surface area contributed by atoms with E-state index in [1.165, 1.54) is 25.0 Å². The predicted molar refractivity (Wildman–Crippen MR) is 122 cm³/mol. The molecule has 10 heteroatoms. The number of nitrogens with zero attached hydrogens (tertiary/aromatic N) is 7. The zero-order valence-electron chi connectivity index (χ0n) is 18.6. The second-order valence-corrected chi connectivity index (χ2v) is 9.03. The highest BCUT2D eigenvalue weighted by Gasteiger charge is 2.43. The van der Waals surface area contributed by atoms with Crippen molar-refractivity contribution in [1.82, 2.24) is 24.7 Å². The van der Waals surface area contributed by atoms with Crippen molar-refractivity contribution in [3.63, 3.8) is 0 Å². The van der Waals surface area contributed by atoms with Crippen LogP contribution in [0.3, 0.4) is 0 Å². The maximum Gasteiger partial charge on any atom is 0.244 e. The Bertz CT molecular complexity index is 1120. The molecule has 0 amide bonds. The molecule has 1 saturated carbocycles. The summed E-state index contributed by atoms with van der Waals surface area (Å²) in [5.74, 6) is 3.76. The van der Waals surface area contributed by atoms with Gasteiger partial charge in [0, 0.05) is 44.0 Å². The summed E-state index contributed by atoms with van der Waals surface area (Å²) in [7, 11) is 1.63. The van der Waals surface area contributed by atoms with E-state index in [2.05, 4.69) is 25.1 Å². The maximum atomic E-state index is 13.4. The Balaban J connectivity index is 1.19. The van der Waals surface area contributed by atoms with Gasteiger partial charge in [-0.2, -0.15) is 4.98 Å². The lowest BCUT2D eigenvalue weighted by atomic mass is 9.92. The largest absolute Gasteiger partial charge is 0.481 e. The van der Waals surface area contributed by atoms with Crippen LogP contribution >= 0.6 is 0 Å². The number of methoxy groups -OCH3 is 1. The SMILES string of the molecule is COc1cc(N2C[C@H]3CC[C@@H](C2)C3Nc2nc3n(n2)CCCN3c2ccc(F)cc2)ncn1. The first-order chi connectivity index (χ1) is 16.2. The Morgan fingerprint density at radius 1 is 1.06 bits per heavy atom. The Hall–Kier alpha value is -3.43. The molecule has 2 aromatic heterocycles. The third kappa shape index (κ3) is 3.73. The Labute approximate surface area is 191 Å². The van der Waals surface area contributed by atoms with Gasteiger partial charge in [-0.25, -0.2) is 19.0 Å². The highest BCUT2D eigenvalue weighted by atomic mass is 19.1. The van der Waals surface area contributed by atoms with Gasteiger partial charge in [-0.1, -0.05) is 0 Å².